The predicted molar refractivity (Wildman–Crippen MR) is 76.4 cm³/mol. The minimum atomic E-state index is 0.677. The lowest BCUT2D eigenvalue weighted by Crippen LogP contribution is -2.24. The van der Waals surface area contributed by atoms with Gasteiger partial charge in [-0.3, -0.25) is 4.90 Å². The molecule has 1 aromatic rings. The van der Waals surface area contributed by atoms with Crippen molar-refractivity contribution in [1.82, 2.24) is 4.90 Å². The number of hydrogen-bond acceptors (Lipinski definition) is 2. The van der Waals surface area contributed by atoms with Gasteiger partial charge in [-0.1, -0.05) is 25.0 Å². The van der Waals surface area contributed by atoms with Gasteiger partial charge in [0.25, 0.3) is 0 Å². The maximum atomic E-state index is 5.99. The fourth-order valence-electron chi connectivity index (χ4n) is 3.74. The van der Waals surface area contributed by atoms with E-state index in [1.807, 2.05) is 0 Å². The lowest BCUT2D eigenvalue weighted by molar-refractivity contribution is 0.256. The van der Waals surface area contributed by atoms with E-state index in [4.69, 9.17) is 5.73 Å². The molecule has 1 spiro atoms. The zero-order valence-electron chi connectivity index (χ0n) is 11.4. The number of benzene rings is 1. The maximum Gasteiger partial charge on any atom is 0.0346 e. The summed E-state index contributed by atoms with van der Waals surface area (Å²) in [5, 5.41) is 0. The largest absolute Gasteiger partial charge is 0.399 e. The highest BCUT2D eigenvalue weighted by Crippen LogP contribution is 2.45. The number of aryl methyl sites for hydroxylation is 1. The topological polar surface area (TPSA) is 29.3 Å². The number of nitrogens with two attached hydrogens (primary N) is 1. The van der Waals surface area contributed by atoms with Crippen LogP contribution in [-0.4, -0.2) is 18.0 Å². The summed E-state index contributed by atoms with van der Waals surface area (Å²) in [4.78, 5) is 2.62. The standard InChI is InChI=1S/C16H24N2/c1-13-4-5-14(10-15(13)17)11-18-9-8-16(12-18)6-2-3-7-16/h4-5,10H,2-3,6-9,11-12,17H2,1H3. The smallest absolute Gasteiger partial charge is 0.0346 e. The summed E-state index contributed by atoms with van der Waals surface area (Å²) in [7, 11) is 0. The van der Waals surface area contributed by atoms with Gasteiger partial charge in [0.1, 0.15) is 0 Å². The first-order valence-electron chi connectivity index (χ1n) is 7.24. The van der Waals surface area contributed by atoms with Crippen LogP contribution in [0, 0.1) is 12.3 Å². The van der Waals surface area contributed by atoms with Crippen LogP contribution in [0.5, 0.6) is 0 Å². The summed E-state index contributed by atoms with van der Waals surface area (Å²) in [6, 6.07) is 6.52. The van der Waals surface area contributed by atoms with E-state index in [1.54, 1.807) is 0 Å². The van der Waals surface area contributed by atoms with Gasteiger partial charge in [0.2, 0.25) is 0 Å². The van der Waals surface area contributed by atoms with Crippen molar-refractivity contribution < 1.29 is 0 Å². The number of nitrogen functional groups attached to an aromatic ring is 1. The molecule has 1 aromatic carbocycles. The van der Waals surface area contributed by atoms with Crippen molar-refractivity contribution in [3.8, 4) is 0 Å². The maximum absolute atomic E-state index is 5.99. The van der Waals surface area contributed by atoms with Crippen LogP contribution in [0.15, 0.2) is 18.2 Å². The molecule has 18 heavy (non-hydrogen) atoms. The van der Waals surface area contributed by atoms with Crippen LogP contribution < -0.4 is 5.73 Å². The quantitative estimate of drug-likeness (QED) is 0.808. The van der Waals surface area contributed by atoms with Gasteiger partial charge >= 0.3 is 0 Å². The Bertz CT molecular complexity index is 433. The van der Waals surface area contributed by atoms with Gasteiger partial charge < -0.3 is 5.73 Å². The summed E-state index contributed by atoms with van der Waals surface area (Å²) in [5.41, 5.74) is 10.2. The Morgan fingerprint density at radius 2 is 2.00 bits per heavy atom. The van der Waals surface area contributed by atoms with Gasteiger partial charge in [0.15, 0.2) is 0 Å². The minimum Gasteiger partial charge on any atom is -0.399 e. The van der Waals surface area contributed by atoms with E-state index in [2.05, 4.69) is 30.0 Å². The third-order valence-corrected chi connectivity index (χ3v) is 4.93. The Kier molecular flexibility index (Phi) is 3.06. The molecule has 0 amide bonds. The molecule has 2 aliphatic rings. The van der Waals surface area contributed by atoms with Gasteiger partial charge in [-0.2, -0.15) is 0 Å². The fourth-order valence-corrected chi connectivity index (χ4v) is 3.74. The summed E-state index contributed by atoms with van der Waals surface area (Å²) in [6.45, 7) is 5.73. The summed E-state index contributed by atoms with van der Waals surface area (Å²) < 4.78 is 0. The van der Waals surface area contributed by atoms with Gasteiger partial charge in [0.05, 0.1) is 0 Å². The second kappa shape index (κ2) is 4.58. The molecule has 1 saturated carbocycles. The Hall–Kier alpha value is -1.02. The van der Waals surface area contributed by atoms with Crippen LogP contribution in [-0.2, 0) is 6.54 Å². The Morgan fingerprint density at radius 1 is 1.22 bits per heavy atom. The molecular weight excluding hydrogens is 220 g/mol. The molecule has 98 valence electrons. The van der Waals surface area contributed by atoms with Crippen LogP contribution in [0.3, 0.4) is 0 Å². The predicted octanol–water partition coefficient (Wildman–Crippen LogP) is 3.34. The number of hydrogen-bond donors (Lipinski definition) is 1. The molecule has 0 atom stereocenters. The molecule has 1 aliphatic carbocycles. The molecule has 2 fully saturated rings. The molecule has 2 heteroatoms. The summed E-state index contributed by atoms with van der Waals surface area (Å²) in [6.07, 6.45) is 7.23. The van der Waals surface area contributed by atoms with E-state index in [0.717, 1.165) is 12.2 Å². The molecular formula is C16H24N2. The van der Waals surface area contributed by atoms with E-state index in [0.29, 0.717) is 5.41 Å². The number of likely N-dealkylation sites (tertiary alicyclic amines) is 1. The fraction of sp³-hybridized carbons (Fsp3) is 0.625. The van der Waals surface area contributed by atoms with E-state index in [9.17, 15) is 0 Å². The van der Waals surface area contributed by atoms with E-state index >= 15 is 0 Å². The summed E-state index contributed by atoms with van der Waals surface area (Å²) in [5.74, 6) is 0. The van der Waals surface area contributed by atoms with Crippen LogP contribution in [0.1, 0.15) is 43.2 Å². The van der Waals surface area contributed by atoms with Crippen molar-refractivity contribution in [3.63, 3.8) is 0 Å². The highest BCUT2D eigenvalue weighted by Gasteiger charge is 2.39. The van der Waals surface area contributed by atoms with E-state index in [1.165, 1.54) is 56.3 Å². The van der Waals surface area contributed by atoms with Crippen molar-refractivity contribution in [2.45, 2.75) is 45.6 Å². The Labute approximate surface area is 110 Å². The van der Waals surface area contributed by atoms with Crippen molar-refractivity contribution in [1.29, 1.82) is 0 Å². The monoisotopic (exact) mass is 244 g/mol. The number of anilines is 1. The van der Waals surface area contributed by atoms with Crippen LogP contribution >= 0.6 is 0 Å². The van der Waals surface area contributed by atoms with Crippen LogP contribution in [0.2, 0.25) is 0 Å². The van der Waals surface area contributed by atoms with E-state index < -0.39 is 0 Å². The zero-order valence-corrected chi connectivity index (χ0v) is 11.4. The highest BCUT2D eigenvalue weighted by atomic mass is 15.2. The van der Waals surface area contributed by atoms with Gasteiger partial charge in [0, 0.05) is 18.8 Å². The molecule has 0 aromatic heterocycles. The molecule has 1 saturated heterocycles. The number of rotatable bonds is 2. The van der Waals surface area contributed by atoms with Crippen molar-refractivity contribution in [3.05, 3.63) is 29.3 Å². The number of nitrogens with zero attached hydrogens (tertiary/aromatic N) is 1. The van der Waals surface area contributed by atoms with Gasteiger partial charge in [-0.25, -0.2) is 0 Å². The highest BCUT2D eigenvalue weighted by molar-refractivity contribution is 5.48. The molecule has 2 nitrogen and oxygen atoms in total. The molecule has 1 heterocycles. The third kappa shape index (κ3) is 2.26. The average Bonchev–Trinajstić information content (AvgIpc) is 2.96. The lowest BCUT2D eigenvalue weighted by atomic mass is 9.86. The van der Waals surface area contributed by atoms with E-state index in [-0.39, 0.29) is 0 Å². The molecule has 0 unspecified atom stereocenters. The Balaban J connectivity index is 1.65. The van der Waals surface area contributed by atoms with Gasteiger partial charge in [-0.15, -0.1) is 0 Å². The van der Waals surface area contributed by atoms with Crippen molar-refractivity contribution in [2.24, 2.45) is 5.41 Å². The first kappa shape index (κ1) is 12.0. The normalized spacial score (nSPS) is 22.9. The van der Waals surface area contributed by atoms with Crippen molar-refractivity contribution >= 4 is 5.69 Å². The van der Waals surface area contributed by atoms with Crippen LogP contribution in [0.25, 0.3) is 0 Å². The first-order chi connectivity index (χ1) is 8.67. The summed E-state index contributed by atoms with van der Waals surface area (Å²) >= 11 is 0. The minimum absolute atomic E-state index is 0.677. The van der Waals surface area contributed by atoms with Gasteiger partial charge in [-0.05, 0) is 55.3 Å². The second-order valence-corrected chi connectivity index (χ2v) is 6.36. The zero-order chi connectivity index (χ0) is 12.6. The van der Waals surface area contributed by atoms with Crippen molar-refractivity contribution in [2.75, 3.05) is 18.8 Å². The van der Waals surface area contributed by atoms with Crippen LogP contribution in [0.4, 0.5) is 5.69 Å². The average molecular weight is 244 g/mol. The Morgan fingerprint density at radius 3 is 2.72 bits per heavy atom. The third-order valence-electron chi connectivity index (χ3n) is 4.93. The molecule has 2 N–H and O–H groups in total. The SMILES string of the molecule is Cc1ccc(CN2CCC3(CCCC3)C2)cc1N. The molecule has 3 rings (SSSR count). The second-order valence-electron chi connectivity index (χ2n) is 6.36. The molecule has 1 aliphatic heterocycles. The first-order valence-corrected chi connectivity index (χ1v) is 7.24. The lowest BCUT2D eigenvalue weighted by Gasteiger charge is -2.23. The molecule has 0 bridgehead atoms. The molecule has 0 radical (unpaired) electrons.